The van der Waals surface area contributed by atoms with Crippen molar-refractivity contribution in [3.63, 3.8) is 0 Å². The third-order valence-electron chi connectivity index (χ3n) is 4.53. The second-order valence-electron chi connectivity index (χ2n) is 6.81. The monoisotopic (exact) mass is 328 g/mol. The highest BCUT2D eigenvalue weighted by molar-refractivity contribution is 5.44. The van der Waals surface area contributed by atoms with Crippen molar-refractivity contribution in [1.82, 2.24) is 0 Å². The lowest BCUT2D eigenvalue weighted by Crippen LogP contribution is -1.83. The van der Waals surface area contributed by atoms with E-state index in [9.17, 15) is 5.11 Å². The number of phenols is 1. The second-order valence-corrected chi connectivity index (χ2v) is 6.81. The SMILES string of the molecule is CCCCCCCCCCCCCCCC#Cc1ccccc1O. The smallest absolute Gasteiger partial charge is 0.131 e. The van der Waals surface area contributed by atoms with Crippen molar-refractivity contribution in [2.75, 3.05) is 0 Å². The molecule has 0 spiro atoms. The molecule has 0 aliphatic carbocycles. The fourth-order valence-corrected chi connectivity index (χ4v) is 2.97. The Hall–Kier alpha value is -1.42. The summed E-state index contributed by atoms with van der Waals surface area (Å²) in [5.74, 6) is 6.52. The van der Waals surface area contributed by atoms with Crippen molar-refractivity contribution in [2.45, 2.75) is 96.8 Å². The van der Waals surface area contributed by atoms with Crippen LogP contribution in [-0.2, 0) is 0 Å². The predicted octanol–water partition coefficient (Wildman–Crippen LogP) is 7.23. The highest BCUT2D eigenvalue weighted by Crippen LogP contribution is 2.14. The molecule has 24 heavy (non-hydrogen) atoms. The highest BCUT2D eigenvalue weighted by atomic mass is 16.3. The Balaban J connectivity index is 1.85. The molecular weight excluding hydrogens is 292 g/mol. The van der Waals surface area contributed by atoms with Crippen LogP contribution >= 0.6 is 0 Å². The quantitative estimate of drug-likeness (QED) is 0.299. The van der Waals surface area contributed by atoms with Gasteiger partial charge in [0, 0.05) is 6.42 Å². The van der Waals surface area contributed by atoms with Crippen molar-refractivity contribution in [1.29, 1.82) is 0 Å². The van der Waals surface area contributed by atoms with Crippen LogP contribution in [0.3, 0.4) is 0 Å². The van der Waals surface area contributed by atoms with E-state index in [1.165, 1.54) is 83.5 Å². The molecule has 0 fully saturated rings. The number of hydrogen-bond acceptors (Lipinski definition) is 1. The summed E-state index contributed by atoms with van der Waals surface area (Å²) in [5, 5.41) is 9.62. The number of phenolic OH excluding ortho intramolecular Hbond substituents is 1. The van der Waals surface area contributed by atoms with Gasteiger partial charge in [0.25, 0.3) is 0 Å². The molecule has 1 rings (SSSR count). The minimum atomic E-state index is 0.287. The zero-order valence-electron chi connectivity index (χ0n) is 15.7. The van der Waals surface area contributed by atoms with Gasteiger partial charge in [-0.3, -0.25) is 0 Å². The zero-order chi connectivity index (χ0) is 17.3. The van der Waals surface area contributed by atoms with Crippen LogP contribution in [0.4, 0.5) is 0 Å². The Morgan fingerprint density at radius 1 is 0.708 bits per heavy atom. The maximum Gasteiger partial charge on any atom is 0.131 e. The largest absolute Gasteiger partial charge is 0.507 e. The first kappa shape index (κ1) is 20.6. The third-order valence-corrected chi connectivity index (χ3v) is 4.53. The number of unbranched alkanes of at least 4 members (excludes halogenated alkanes) is 13. The van der Waals surface area contributed by atoms with E-state index in [1.807, 2.05) is 18.2 Å². The van der Waals surface area contributed by atoms with Crippen LogP contribution in [0.5, 0.6) is 5.75 Å². The van der Waals surface area contributed by atoms with Crippen LogP contribution < -0.4 is 0 Å². The molecule has 134 valence electrons. The summed E-state index contributed by atoms with van der Waals surface area (Å²) in [5.41, 5.74) is 0.743. The van der Waals surface area contributed by atoms with Crippen LogP contribution in [0, 0.1) is 11.8 Å². The number of benzene rings is 1. The Morgan fingerprint density at radius 2 is 1.21 bits per heavy atom. The summed E-state index contributed by atoms with van der Waals surface area (Å²) in [7, 11) is 0. The highest BCUT2D eigenvalue weighted by Gasteiger charge is 1.94. The lowest BCUT2D eigenvalue weighted by molar-refractivity contribution is 0.473. The standard InChI is InChI=1S/C23H36O/c1-2-3-4-5-6-7-8-9-10-11-12-13-14-15-16-19-22-20-17-18-21-23(22)24/h17-18,20-21,24H,2-15H2,1H3. The molecule has 0 saturated heterocycles. The first-order valence-corrected chi connectivity index (χ1v) is 10.1. The molecule has 0 unspecified atom stereocenters. The average molecular weight is 329 g/mol. The van der Waals surface area contributed by atoms with Crippen LogP contribution in [0.25, 0.3) is 0 Å². The first-order chi connectivity index (χ1) is 11.8. The second kappa shape index (κ2) is 15.1. The molecule has 1 N–H and O–H groups in total. The molecular formula is C23H36O. The fraction of sp³-hybridized carbons (Fsp3) is 0.652. The van der Waals surface area contributed by atoms with Crippen molar-refractivity contribution in [3.05, 3.63) is 29.8 Å². The van der Waals surface area contributed by atoms with E-state index in [0.717, 1.165) is 12.0 Å². The van der Waals surface area contributed by atoms with Gasteiger partial charge < -0.3 is 5.11 Å². The normalized spacial score (nSPS) is 10.4. The summed E-state index contributed by atoms with van der Waals surface area (Å²) in [6, 6.07) is 7.29. The van der Waals surface area contributed by atoms with Gasteiger partial charge in [-0.25, -0.2) is 0 Å². The molecule has 1 nitrogen and oxygen atoms in total. The molecule has 0 heterocycles. The molecule has 0 saturated carbocycles. The molecule has 1 heteroatoms. The topological polar surface area (TPSA) is 20.2 Å². The van der Waals surface area contributed by atoms with Gasteiger partial charge in [-0.15, -0.1) is 0 Å². The van der Waals surface area contributed by atoms with Crippen molar-refractivity contribution >= 4 is 0 Å². The van der Waals surface area contributed by atoms with E-state index in [1.54, 1.807) is 6.07 Å². The van der Waals surface area contributed by atoms with E-state index in [4.69, 9.17) is 0 Å². The van der Waals surface area contributed by atoms with Gasteiger partial charge in [-0.2, -0.15) is 0 Å². The maximum absolute atomic E-state index is 9.62. The van der Waals surface area contributed by atoms with E-state index < -0.39 is 0 Å². The summed E-state index contributed by atoms with van der Waals surface area (Å²) < 4.78 is 0. The van der Waals surface area contributed by atoms with Crippen LogP contribution in [-0.4, -0.2) is 5.11 Å². The van der Waals surface area contributed by atoms with Crippen molar-refractivity contribution in [3.8, 4) is 17.6 Å². The lowest BCUT2D eigenvalue weighted by Gasteiger charge is -2.02. The third kappa shape index (κ3) is 11.2. The number of aromatic hydroxyl groups is 1. The molecule has 0 amide bonds. The molecule has 0 atom stereocenters. The van der Waals surface area contributed by atoms with Gasteiger partial charge in [0.1, 0.15) is 5.75 Å². The Labute approximate surface area is 149 Å². The summed E-state index contributed by atoms with van der Waals surface area (Å²) in [6.45, 7) is 2.28. The van der Waals surface area contributed by atoms with Gasteiger partial charge in [0.15, 0.2) is 0 Å². The molecule has 1 aromatic carbocycles. The molecule has 0 aromatic heterocycles. The summed E-state index contributed by atoms with van der Waals surface area (Å²) >= 11 is 0. The number of para-hydroxylation sites is 1. The number of hydrogen-bond donors (Lipinski definition) is 1. The molecule has 0 aliphatic heterocycles. The van der Waals surface area contributed by atoms with Gasteiger partial charge in [0.2, 0.25) is 0 Å². The van der Waals surface area contributed by atoms with E-state index in [-0.39, 0.29) is 5.75 Å². The van der Waals surface area contributed by atoms with Crippen molar-refractivity contribution in [2.24, 2.45) is 0 Å². The van der Waals surface area contributed by atoms with Crippen LogP contribution in [0.2, 0.25) is 0 Å². The summed E-state index contributed by atoms with van der Waals surface area (Å²) in [6.07, 6.45) is 18.9. The Bertz CT molecular complexity index is 466. The molecule has 1 aromatic rings. The van der Waals surface area contributed by atoms with Gasteiger partial charge in [-0.05, 0) is 18.6 Å². The lowest BCUT2D eigenvalue weighted by atomic mass is 10.0. The van der Waals surface area contributed by atoms with Crippen molar-refractivity contribution < 1.29 is 5.11 Å². The minimum Gasteiger partial charge on any atom is -0.507 e. The number of rotatable bonds is 13. The van der Waals surface area contributed by atoms with Gasteiger partial charge in [-0.1, -0.05) is 108 Å². The minimum absolute atomic E-state index is 0.287. The van der Waals surface area contributed by atoms with E-state index >= 15 is 0 Å². The van der Waals surface area contributed by atoms with Crippen LogP contribution in [0.15, 0.2) is 24.3 Å². The Kier molecular flexibility index (Phi) is 13.0. The van der Waals surface area contributed by atoms with Crippen LogP contribution in [0.1, 0.15) is 102 Å². The molecule has 0 bridgehead atoms. The van der Waals surface area contributed by atoms with Gasteiger partial charge in [0.05, 0.1) is 5.56 Å². The molecule has 0 aliphatic rings. The fourth-order valence-electron chi connectivity index (χ4n) is 2.97. The average Bonchev–Trinajstić information content (AvgIpc) is 2.60. The Morgan fingerprint density at radius 3 is 1.75 bits per heavy atom. The zero-order valence-corrected chi connectivity index (χ0v) is 15.7. The van der Waals surface area contributed by atoms with E-state index in [0.29, 0.717) is 0 Å². The maximum atomic E-state index is 9.62. The predicted molar refractivity (Wildman–Crippen MR) is 105 cm³/mol. The molecule has 0 radical (unpaired) electrons. The van der Waals surface area contributed by atoms with E-state index in [2.05, 4.69) is 18.8 Å². The first-order valence-electron chi connectivity index (χ1n) is 10.1. The van der Waals surface area contributed by atoms with Gasteiger partial charge >= 0.3 is 0 Å². The summed E-state index contributed by atoms with van der Waals surface area (Å²) in [4.78, 5) is 0.